The normalized spacial score (nSPS) is 17.5. The Bertz CT molecular complexity index is 1110. The van der Waals surface area contributed by atoms with E-state index >= 15 is 0 Å². The van der Waals surface area contributed by atoms with Crippen molar-refractivity contribution in [3.63, 3.8) is 0 Å². The topological polar surface area (TPSA) is 55.8 Å². The lowest BCUT2D eigenvalue weighted by molar-refractivity contribution is -0.271. The van der Waals surface area contributed by atoms with Gasteiger partial charge in [-0.05, 0) is 43.2 Å². The Morgan fingerprint density at radius 3 is 2.03 bits per heavy atom. The van der Waals surface area contributed by atoms with E-state index < -0.39 is 40.8 Å². The maximum Gasteiger partial charge on any atom is 0.430 e. The van der Waals surface area contributed by atoms with Gasteiger partial charge in [-0.25, -0.2) is 0 Å². The van der Waals surface area contributed by atoms with E-state index in [1.807, 2.05) is 0 Å². The highest BCUT2D eigenvalue weighted by Gasteiger charge is 2.64. The lowest BCUT2D eigenvalue weighted by Crippen LogP contribution is -2.59. The van der Waals surface area contributed by atoms with Gasteiger partial charge in [-0.15, -0.1) is 0 Å². The van der Waals surface area contributed by atoms with E-state index in [0.29, 0.717) is 0 Å². The third kappa shape index (κ3) is 5.98. The number of alkyl halides is 6. The van der Waals surface area contributed by atoms with Crippen LogP contribution in [0.25, 0.3) is 0 Å². The van der Waals surface area contributed by atoms with Gasteiger partial charge in [0.15, 0.2) is 0 Å². The highest BCUT2D eigenvalue weighted by atomic mass is 19.4. The molecule has 0 N–H and O–H groups in total. The molecule has 0 radical (unpaired) electrons. The first kappa shape index (κ1) is 29.5. The number of rotatable bonds is 8. The minimum atomic E-state index is -5.09. The van der Waals surface area contributed by atoms with Crippen LogP contribution in [-0.2, 0) is 37.3 Å². The second-order valence-corrected chi connectivity index (χ2v) is 9.35. The number of nitrogens with zero attached hydrogens (tertiary/aromatic N) is 1. The Morgan fingerprint density at radius 2 is 1.50 bits per heavy atom. The quantitative estimate of drug-likeness (QED) is 0.306. The minimum Gasteiger partial charge on any atom is -0.466 e. The van der Waals surface area contributed by atoms with E-state index in [2.05, 4.69) is 0 Å². The van der Waals surface area contributed by atoms with Gasteiger partial charge < -0.3 is 14.4 Å². The molecule has 1 amide bonds. The van der Waals surface area contributed by atoms with Gasteiger partial charge in [-0.3, -0.25) is 9.59 Å². The van der Waals surface area contributed by atoms with Crippen molar-refractivity contribution < 1.29 is 45.4 Å². The number of hydrogen-bond donors (Lipinski definition) is 0. The Balaban J connectivity index is 1.93. The molecule has 3 rings (SSSR count). The molecular formula is C27H29F6NO4. The Labute approximate surface area is 216 Å². The number of amides is 1. The fourth-order valence-electron chi connectivity index (χ4n) is 5.10. The number of piperidine rings is 1. The van der Waals surface area contributed by atoms with Crippen molar-refractivity contribution in [1.29, 1.82) is 0 Å². The van der Waals surface area contributed by atoms with Crippen molar-refractivity contribution in [2.75, 3.05) is 26.8 Å². The Morgan fingerprint density at radius 1 is 0.921 bits per heavy atom. The second kappa shape index (κ2) is 11.3. The number of esters is 1. The van der Waals surface area contributed by atoms with Gasteiger partial charge in [0.25, 0.3) is 11.5 Å². The maximum atomic E-state index is 14.4. The first-order chi connectivity index (χ1) is 17.8. The fourth-order valence-corrected chi connectivity index (χ4v) is 5.10. The van der Waals surface area contributed by atoms with Crippen molar-refractivity contribution in [2.45, 2.75) is 50.6 Å². The maximum absolute atomic E-state index is 14.4. The predicted molar refractivity (Wildman–Crippen MR) is 126 cm³/mol. The van der Waals surface area contributed by atoms with Crippen molar-refractivity contribution in [2.24, 2.45) is 5.41 Å². The summed E-state index contributed by atoms with van der Waals surface area (Å²) >= 11 is 0. The molecule has 1 saturated heterocycles. The molecule has 1 aliphatic rings. The molecule has 2 aromatic rings. The molecule has 0 bridgehead atoms. The van der Waals surface area contributed by atoms with Gasteiger partial charge in [0.2, 0.25) is 0 Å². The zero-order valence-corrected chi connectivity index (χ0v) is 21.0. The zero-order chi connectivity index (χ0) is 28.2. The first-order valence-electron chi connectivity index (χ1n) is 12.1. The molecule has 1 atom stereocenters. The SMILES string of the molecule is CCOC(=O)CC1(Cc2ccccc2C(F)(F)F)CCN(C(=O)[C@](OC)(c2ccccc2)C(F)(F)F)CC1. The number of benzene rings is 2. The molecule has 2 aromatic carbocycles. The molecule has 0 aromatic heterocycles. The number of ether oxygens (including phenoxy) is 2. The highest BCUT2D eigenvalue weighted by Crippen LogP contribution is 2.46. The van der Waals surface area contributed by atoms with Crippen LogP contribution in [0.2, 0.25) is 0 Å². The molecule has 1 heterocycles. The standard InChI is InChI=1S/C27H29F6NO4/c1-3-38-22(35)18-24(17-19-9-7-8-12-21(19)26(28,29)30)13-15-34(16-14-24)23(36)25(37-2,27(31,32)33)20-10-5-4-6-11-20/h4-12H,3,13-18H2,1-2H3/t25-/m1/s1. The summed E-state index contributed by atoms with van der Waals surface area (Å²) in [4.78, 5) is 26.9. The summed E-state index contributed by atoms with van der Waals surface area (Å²) in [6.45, 7) is 1.24. The molecule has 0 saturated carbocycles. The summed E-state index contributed by atoms with van der Waals surface area (Å²) in [6, 6.07) is 11.5. The van der Waals surface area contributed by atoms with Crippen LogP contribution in [0.3, 0.4) is 0 Å². The molecule has 1 aliphatic heterocycles. The van der Waals surface area contributed by atoms with Crippen LogP contribution in [-0.4, -0.2) is 49.8 Å². The van der Waals surface area contributed by atoms with Crippen LogP contribution < -0.4 is 0 Å². The fraction of sp³-hybridized carbons (Fsp3) is 0.481. The van der Waals surface area contributed by atoms with Crippen molar-refractivity contribution in [3.05, 3.63) is 71.3 Å². The number of hydrogen-bond acceptors (Lipinski definition) is 4. The van der Waals surface area contributed by atoms with Crippen LogP contribution >= 0.6 is 0 Å². The van der Waals surface area contributed by atoms with Gasteiger partial charge in [-0.2, -0.15) is 26.3 Å². The third-order valence-electron chi connectivity index (χ3n) is 7.01. The smallest absolute Gasteiger partial charge is 0.430 e. The zero-order valence-electron chi connectivity index (χ0n) is 21.0. The molecule has 11 heteroatoms. The summed E-state index contributed by atoms with van der Waals surface area (Å²) in [5.41, 5.74) is -5.57. The lowest BCUT2D eigenvalue weighted by Gasteiger charge is -2.45. The van der Waals surface area contributed by atoms with E-state index in [4.69, 9.17) is 9.47 Å². The summed E-state index contributed by atoms with van der Waals surface area (Å²) in [7, 11) is 0.807. The predicted octanol–water partition coefficient (Wildman–Crippen LogP) is 5.91. The molecule has 38 heavy (non-hydrogen) atoms. The van der Waals surface area contributed by atoms with E-state index in [-0.39, 0.29) is 56.5 Å². The Hall–Kier alpha value is -3.08. The van der Waals surface area contributed by atoms with Gasteiger partial charge >= 0.3 is 18.3 Å². The molecule has 208 valence electrons. The number of carbonyl (C=O) groups excluding carboxylic acids is 2. The molecule has 0 spiro atoms. The van der Waals surface area contributed by atoms with Crippen LogP contribution in [0, 0.1) is 5.41 Å². The summed E-state index contributed by atoms with van der Waals surface area (Å²) in [5, 5.41) is 0. The third-order valence-corrected chi connectivity index (χ3v) is 7.01. The molecule has 0 unspecified atom stereocenters. The van der Waals surface area contributed by atoms with Gasteiger partial charge in [0, 0.05) is 25.8 Å². The lowest BCUT2D eigenvalue weighted by atomic mass is 9.70. The van der Waals surface area contributed by atoms with E-state index in [9.17, 15) is 35.9 Å². The van der Waals surface area contributed by atoms with Gasteiger partial charge in [-0.1, -0.05) is 48.5 Å². The monoisotopic (exact) mass is 545 g/mol. The van der Waals surface area contributed by atoms with Crippen LogP contribution in [0.1, 0.15) is 42.9 Å². The van der Waals surface area contributed by atoms with E-state index in [0.717, 1.165) is 30.2 Å². The summed E-state index contributed by atoms with van der Waals surface area (Å²) < 4.78 is 94.0. The molecule has 5 nitrogen and oxygen atoms in total. The second-order valence-electron chi connectivity index (χ2n) is 9.35. The van der Waals surface area contributed by atoms with Crippen LogP contribution in [0.4, 0.5) is 26.3 Å². The Kier molecular flexibility index (Phi) is 8.80. The van der Waals surface area contributed by atoms with E-state index in [1.165, 1.54) is 36.4 Å². The molecule has 0 aliphatic carbocycles. The van der Waals surface area contributed by atoms with Gasteiger partial charge in [0.1, 0.15) is 0 Å². The van der Waals surface area contributed by atoms with E-state index in [1.54, 1.807) is 6.92 Å². The first-order valence-corrected chi connectivity index (χ1v) is 12.1. The highest BCUT2D eigenvalue weighted by molar-refractivity contribution is 5.88. The number of methoxy groups -OCH3 is 1. The summed E-state index contributed by atoms with van der Waals surface area (Å²) in [6.07, 6.45) is -10.1. The number of carbonyl (C=O) groups is 2. The van der Waals surface area contributed by atoms with Crippen LogP contribution in [0.5, 0.6) is 0 Å². The average molecular weight is 546 g/mol. The number of likely N-dealkylation sites (tertiary alicyclic amines) is 1. The summed E-state index contributed by atoms with van der Waals surface area (Å²) in [5.74, 6) is -1.94. The van der Waals surface area contributed by atoms with Gasteiger partial charge in [0.05, 0.1) is 18.6 Å². The molecule has 1 fully saturated rings. The van der Waals surface area contributed by atoms with Crippen molar-refractivity contribution in [3.8, 4) is 0 Å². The number of halogens is 6. The van der Waals surface area contributed by atoms with Crippen LogP contribution in [0.15, 0.2) is 54.6 Å². The van der Waals surface area contributed by atoms with Crippen molar-refractivity contribution in [1.82, 2.24) is 4.90 Å². The molecular weight excluding hydrogens is 516 g/mol. The van der Waals surface area contributed by atoms with Crippen molar-refractivity contribution >= 4 is 11.9 Å². The average Bonchev–Trinajstić information content (AvgIpc) is 2.85. The largest absolute Gasteiger partial charge is 0.466 e. The minimum absolute atomic E-state index is 0.00378.